The average Bonchev–Trinajstić information content (AvgIpc) is 2.14. The molecule has 0 fully saturated rings. The van der Waals surface area contributed by atoms with Gasteiger partial charge in [0, 0.05) is 6.08 Å². The van der Waals surface area contributed by atoms with Gasteiger partial charge in [0.05, 0.1) is 0 Å². The Balaban J connectivity index is 4.07. The lowest BCUT2D eigenvalue weighted by Gasteiger charge is -2.11. The summed E-state index contributed by atoms with van der Waals surface area (Å²) in [5.41, 5.74) is 0. The maximum atomic E-state index is 10.9. The van der Waals surface area contributed by atoms with Crippen LogP contribution in [-0.4, -0.2) is 12.1 Å². The molecule has 0 aromatic carbocycles. The Morgan fingerprint density at radius 3 is 2.69 bits per heavy atom. The van der Waals surface area contributed by atoms with Crippen molar-refractivity contribution < 1.29 is 9.53 Å². The minimum Gasteiger partial charge on any atom is -0.455 e. The van der Waals surface area contributed by atoms with Crippen LogP contribution in [0, 0.1) is 0 Å². The van der Waals surface area contributed by atoms with Crippen LogP contribution in [0.3, 0.4) is 0 Å². The second kappa shape index (κ2) is 7.35. The first kappa shape index (κ1) is 11.7. The van der Waals surface area contributed by atoms with Crippen LogP contribution in [0.25, 0.3) is 0 Å². The molecule has 0 amide bonds. The summed E-state index contributed by atoms with van der Waals surface area (Å²) >= 11 is 0. The lowest BCUT2D eigenvalue weighted by Crippen LogP contribution is -2.13. The van der Waals surface area contributed by atoms with E-state index in [1.54, 1.807) is 12.2 Å². The fourth-order valence-corrected chi connectivity index (χ4v) is 0.879. The van der Waals surface area contributed by atoms with Gasteiger partial charge in [-0.15, -0.1) is 0 Å². The maximum absolute atomic E-state index is 10.9. The Morgan fingerprint density at radius 1 is 1.54 bits per heavy atom. The van der Waals surface area contributed by atoms with Crippen molar-refractivity contribution in [3.8, 4) is 0 Å². The number of allylic oxidation sites excluding steroid dienone is 2. The molecule has 0 spiro atoms. The third kappa shape index (κ3) is 5.91. The van der Waals surface area contributed by atoms with Crippen LogP contribution in [0.1, 0.15) is 19.8 Å². The van der Waals surface area contributed by atoms with E-state index in [2.05, 4.69) is 13.2 Å². The fraction of sp³-hybridized carbons (Fsp3) is 0.364. The molecule has 0 saturated heterocycles. The number of carbonyl (C=O) groups is 1. The summed E-state index contributed by atoms with van der Waals surface area (Å²) in [4.78, 5) is 10.9. The van der Waals surface area contributed by atoms with Gasteiger partial charge >= 0.3 is 5.97 Å². The molecule has 1 unspecified atom stereocenters. The number of hydrogen-bond donors (Lipinski definition) is 0. The molecule has 72 valence electrons. The standard InChI is InChI=1S/C11H16O2/c1-4-7-9-10(8-5-2)13-11(12)6-3/h4,6-7,9-10H,1,3,5,8H2,2H3/b9-7+. The van der Waals surface area contributed by atoms with E-state index in [0.717, 1.165) is 12.8 Å². The van der Waals surface area contributed by atoms with Crippen molar-refractivity contribution in [3.63, 3.8) is 0 Å². The van der Waals surface area contributed by atoms with E-state index in [4.69, 9.17) is 4.74 Å². The van der Waals surface area contributed by atoms with Crippen molar-refractivity contribution in [3.05, 3.63) is 37.5 Å². The molecule has 0 aromatic rings. The summed E-state index contributed by atoms with van der Waals surface area (Å²) in [7, 11) is 0. The molecule has 2 heteroatoms. The largest absolute Gasteiger partial charge is 0.455 e. The normalized spacial score (nSPS) is 12.4. The summed E-state index contributed by atoms with van der Waals surface area (Å²) in [5, 5.41) is 0. The first-order valence-corrected chi connectivity index (χ1v) is 4.36. The molecule has 0 N–H and O–H groups in total. The summed E-state index contributed by atoms with van der Waals surface area (Å²) in [6.45, 7) is 8.92. The average molecular weight is 180 g/mol. The Kier molecular flexibility index (Phi) is 6.60. The molecule has 0 saturated carbocycles. The van der Waals surface area contributed by atoms with Gasteiger partial charge in [0.25, 0.3) is 0 Å². The number of carbonyl (C=O) groups excluding carboxylic acids is 1. The van der Waals surface area contributed by atoms with Crippen LogP contribution >= 0.6 is 0 Å². The van der Waals surface area contributed by atoms with E-state index >= 15 is 0 Å². The number of rotatable bonds is 6. The highest BCUT2D eigenvalue weighted by molar-refractivity contribution is 5.81. The van der Waals surface area contributed by atoms with Crippen molar-refractivity contribution >= 4 is 5.97 Å². The highest BCUT2D eigenvalue weighted by Gasteiger charge is 2.06. The van der Waals surface area contributed by atoms with E-state index in [-0.39, 0.29) is 12.1 Å². The molecule has 0 radical (unpaired) electrons. The van der Waals surface area contributed by atoms with Gasteiger partial charge < -0.3 is 4.74 Å². The summed E-state index contributed by atoms with van der Waals surface area (Å²) in [6, 6.07) is 0. The lowest BCUT2D eigenvalue weighted by molar-refractivity contribution is -0.141. The molecule has 0 aliphatic rings. The Hall–Kier alpha value is -1.31. The van der Waals surface area contributed by atoms with Gasteiger partial charge in [-0.1, -0.05) is 38.7 Å². The first-order chi connectivity index (χ1) is 6.24. The van der Waals surface area contributed by atoms with Gasteiger partial charge in [-0.3, -0.25) is 0 Å². The summed E-state index contributed by atoms with van der Waals surface area (Å²) < 4.78 is 5.05. The zero-order chi connectivity index (χ0) is 10.1. The minimum absolute atomic E-state index is 0.159. The van der Waals surface area contributed by atoms with Gasteiger partial charge in [0.15, 0.2) is 0 Å². The second-order valence-corrected chi connectivity index (χ2v) is 2.59. The number of hydrogen-bond acceptors (Lipinski definition) is 2. The van der Waals surface area contributed by atoms with Crippen LogP contribution in [0.4, 0.5) is 0 Å². The Labute approximate surface area is 79.6 Å². The predicted octanol–water partition coefficient (Wildman–Crippen LogP) is 2.63. The van der Waals surface area contributed by atoms with Crippen LogP contribution in [0.5, 0.6) is 0 Å². The molecule has 0 rings (SSSR count). The van der Waals surface area contributed by atoms with Gasteiger partial charge in [-0.2, -0.15) is 0 Å². The van der Waals surface area contributed by atoms with E-state index in [9.17, 15) is 4.79 Å². The highest BCUT2D eigenvalue weighted by Crippen LogP contribution is 2.04. The van der Waals surface area contributed by atoms with Gasteiger partial charge in [0.1, 0.15) is 6.10 Å². The molecule has 1 atom stereocenters. The van der Waals surface area contributed by atoms with Crippen molar-refractivity contribution in [1.29, 1.82) is 0 Å². The van der Waals surface area contributed by atoms with Gasteiger partial charge in [0.2, 0.25) is 0 Å². The maximum Gasteiger partial charge on any atom is 0.330 e. The SMILES string of the molecule is C=C/C=C/C(CCC)OC(=O)C=C. The van der Waals surface area contributed by atoms with E-state index in [0.29, 0.717) is 0 Å². The van der Waals surface area contributed by atoms with E-state index in [1.165, 1.54) is 6.08 Å². The molecular formula is C11H16O2. The summed E-state index contributed by atoms with van der Waals surface area (Å²) in [6.07, 6.45) is 8.05. The molecule has 0 aromatic heterocycles. The molecule has 0 heterocycles. The van der Waals surface area contributed by atoms with Crippen molar-refractivity contribution in [2.45, 2.75) is 25.9 Å². The van der Waals surface area contributed by atoms with Crippen LogP contribution in [0.15, 0.2) is 37.5 Å². The predicted molar refractivity (Wildman–Crippen MR) is 54.3 cm³/mol. The Morgan fingerprint density at radius 2 is 2.23 bits per heavy atom. The van der Waals surface area contributed by atoms with E-state index < -0.39 is 0 Å². The van der Waals surface area contributed by atoms with Crippen LogP contribution in [-0.2, 0) is 9.53 Å². The van der Waals surface area contributed by atoms with Gasteiger partial charge in [-0.25, -0.2) is 4.79 Å². The number of ether oxygens (including phenoxy) is 1. The molecule has 0 aliphatic carbocycles. The monoisotopic (exact) mass is 180 g/mol. The third-order valence-corrected chi connectivity index (χ3v) is 1.47. The lowest BCUT2D eigenvalue weighted by atomic mass is 10.2. The second-order valence-electron chi connectivity index (χ2n) is 2.59. The minimum atomic E-state index is -0.382. The van der Waals surface area contributed by atoms with Crippen molar-refractivity contribution in [1.82, 2.24) is 0 Å². The molecule has 13 heavy (non-hydrogen) atoms. The van der Waals surface area contributed by atoms with Crippen molar-refractivity contribution in [2.75, 3.05) is 0 Å². The number of esters is 1. The van der Waals surface area contributed by atoms with E-state index in [1.807, 2.05) is 13.0 Å². The Bertz CT molecular complexity index is 204. The zero-order valence-corrected chi connectivity index (χ0v) is 8.03. The zero-order valence-electron chi connectivity index (χ0n) is 8.03. The highest BCUT2D eigenvalue weighted by atomic mass is 16.5. The molecule has 0 aliphatic heterocycles. The third-order valence-electron chi connectivity index (χ3n) is 1.47. The molecular weight excluding hydrogens is 164 g/mol. The molecule has 2 nitrogen and oxygen atoms in total. The smallest absolute Gasteiger partial charge is 0.330 e. The topological polar surface area (TPSA) is 26.3 Å². The van der Waals surface area contributed by atoms with Crippen LogP contribution < -0.4 is 0 Å². The quantitative estimate of drug-likeness (QED) is 0.357. The summed E-state index contributed by atoms with van der Waals surface area (Å²) in [5.74, 6) is -0.382. The van der Waals surface area contributed by atoms with Crippen molar-refractivity contribution in [2.24, 2.45) is 0 Å². The fourth-order valence-electron chi connectivity index (χ4n) is 0.879. The van der Waals surface area contributed by atoms with Crippen LogP contribution in [0.2, 0.25) is 0 Å². The molecule has 0 bridgehead atoms. The first-order valence-electron chi connectivity index (χ1n) is 4.36. The van der Waals surface area contributed by atoms with Gasteiger partial charge in [-0.05, 0) is 12.5 Å².